The molecule has 0 aliphatic heterocycles. The molecule has 0 amide bonds. The van der Waals surface area contributed by atoms with E-state index >= 15 is 0 Å². The molecule has 0 radical (unpaired) electrons. The lowest BCUT2D eigenvalue weighted by Crippen LogP contribution is -2.09. The lowest BCUT2D eigenvalue weighted by molar-refractivity contribution is -0.142. The van der Waals surface area contributed by atoms with Gasteiger partial charge < -0.3 is 14.6 Å². The van der Waals surface area contributed by atoms with Crippen molar-refractivity contribution in [2.45, 2.75) is 6.42 Å². The van der Waals surface area contributed by atoms with Gasteiger partial charge in [-0.05, 0) is 18.1 Å². The van der Waals surface area contributed by atoms with Gasteiger partial charge in [-0.2, -0.15) is 0 Å². The summed E-state index contributed by atoms with van der Waals surface area (Å²) in [4.78, 5) is 10.1. The fraction of sp³-hybridized carbons (Fsp3) is 0.364. The third-order valence-electron chi connectivity index (χ3n) is 2.06. The summed E-state index contributed by atoms with van der Waals surface area (Å²) in [5.41, 5.74) is 0.119. The van der Waals surface area contributed by atoms with Crippen molar-refractivity contribution < 1.29 is 28.2 Å². The molecule has 6 heteroatoms. The summed E-state index contributed by atoms with van der Waals surface area (Å²) in [5.74, 6) is -2.55. The van der Waals surface area contributed by atoms with Crippen LogP contribution in [0.2, 0.25) is 0 Å². The van der Waals surface area contributed by atoms with Gasteiger partial charge in [0, 0.05) is 6.07 Å². The number of benzene rings is 1. The van der Waals surface area contributed by atoms with Crippen molar-refractivity contribution in [3.05, 3.63) is 29.3 Å². The summed E-state index contributed by atoms with van der Waals surface area (Å²) in [7, 11) is 1.24. The smallest absolute Gasteiger partial charge is 0.329 e. The second-order valence-electron chi connectivity index (χ2n) is 3.27. The van der Waals surface area contributed by atoms with E-state index in [1.165, 1.54) is 7.11 Å². The number of aliphatic carboxylic acids is 1. The number of carboxylic acid groups (broad SMARTS) is 1. The van der Waals surface area contributed by atoms with Crippen molar-refractivity contribution in [3.8, 4) is 5.75 Å². The molecule has 0 aliphatic carbocycles. The molecule has 0 atom stereocenters. The first-order valence-electron chi connectivity index (χ1n) is 4.86. The topological polar surface area (TPSA) is 55.8 Å². The number of hydrogen-bond donors (Lipinski definition) is 1. The first-order chi connectivity index (χ1) is 8.04. The molecule has 0 fully saturated rings. The Bertz CT molecular complexity index is 407. The Labute approximate surface area is 96.8 Å². The first-order valence-corrected chi connectivity index (χ1v) is 4.86. The lowest BCUT2D eigenvalue weighted by Gasteiger charge is -2.07. The first kappa shape index (κ1) is 13.4. The largest absolute Gasteiger partial charge is 0.494 e. The SMILES string of the molecule is COc1cc(F)c(CCOCC(=O)O)cc1F. The predicted molar refractivity (Wildman–Crippen MR) is 55.1 cm³/mol. The van der Waals surface area contributed by atoms with Crippen LogP contribution in [-0.2, 0) is 16.0 Å². The van der Waals surface area contributed by atoms with Crippen LogP contribution in [0, 0.1) is 11.6 Å². The van der Waals surface area contributed by atoms with Gasteiger partial charge in [-0.25, -0.2) is 13.6 Å². The number of carboxylic acids is 1. The minimum atomic E-state index is -1.11. The molecule has 17 heavy (non-hydrogen) atoms. The summed E-state index contributed by atoms with van der Waals surface area (Å²) >= 11 is 0. The molecule has 4 nitrogen and oxygen atoms in total. The van der Waals surface area contributed by atoms with Crippen LogP contribution in [-0.4, -0.2) is 31.4 Å². The average Bonchev–Trinajstić information content (AvgIpc) is 2.28. The minimum Gasteiger partial charge on any atom is -0.494 e. The Kier molecular flexibility index (Phi) is 4.84. The lowest BCUT2D eigenvalue weighted by atomic mass is 10.1. The van der Waals surface area contributed by atoms with Crippen molar-refractivity contribution in [3.63, 3.8) is 0 Å². The van der Waals surface area contributed by atoms with Crippen LogP contribution >= 0.6 is 0 Å². The van der Waals surface area contributed by atoms with Crippen LogP contribution in [0.3, 0.4) is 0 Å². The van der Waals surface area contributed by atoms with Crippen LogP contribution in [0.15, 0.2) is 12.1 Å². The van der Waals surface area contributed by atoms with Crippen LogP contribution in [0.1, 0.15) is 5.56 Å². The molecular formula is C11H12F2O4. The van der Waals surface area contributed by atoms with E-state index in [2.05, 4.69) is 4.74 Å². The summed E-state index contributed by atoms with van der Waals surface area (Å²) in [5, 5.41) is 8.30. The number of hydrogen-bond acceptors (Lipinski definition) is 3. The maximum atomic E-state index is 13.4. The highest BCUT2D eigenvalue weighted by Gasteiger charge is 2.10. The fourth-order valence-corrected chi connectivity index (χ4v) is 1.26. The molecule has 0 bridgehead atoms. The summed E-state index contributed by atoms with van der Waals surface area (Å²) in [6, 6.07) is 1.96. The van der Waals surface area contributed by atoms with Crippen molar-refractivity contribution in [2.24, 2.45) is 0 Å². The molecule has 0 saturated carbocycles. The van der Waals surface area contributed by atoms with Crippen LogP contribution in [0.5, 0.6) is 5.75 Å². The third kappa shape index (κ3) is 3.99. The zero-order valence-electron chi connectivity index (χ0n) is 9.20. The van der Waals surface area contributed by atoms with E-state index in [4.69, 9.17) is 9.84 Å². The van der Waals surface area contributed by atoms with Gasteiger partial charge in [-0.1, -0.05) is 0 Å². The highest BCUT2D eigenvalue weighted by atomic mass is 19.1. The van der Waals surface area contributed by atoms with Gasteiger partial charge in [0.15, 0.2) is 11.6 Å². The number of rotatable bonds is 6. The molecule has 1 aromatic carbocycles. The second kappa shape index (κ2) is 6.15. The highest BCUT2D eigenvalue weighted by Crippen LogP contribution is 2.21. The van der Waals surface area contributed by atoms with Crippen LogP contribution in [0.25, 0.3) is 0 Å². The molecule has 94 valence electrons. The number of carbonyl (C=O) groups is 1. The molecule has 0 heterocycles. The monoisotopic (exact) mass is 246 g/mol. The molecular weight excluding hydrogens is 234 g/mol. The fourth-order valence-electron chi connectivity index (χ4n) is 1.26. The van der Waals surface area contributed by atoms with Crippen molar-refractivity contribution in [1.82, 2.24) is 0 Å². The normalized spacial score (nSPS) is 10.3. The van der Waals surface area contributed by atoms with E-state index < -0.39 is 24.2 Å². The second-order valence-corrected chi connectivity index (χ2v) is 3.27. The predicted octanol–water partition coefficient (Wildman–Crippen LogP) is 1.62. The zero-order chi connectivity index (χ0) is 12.8. The maximum absolute atomic E-state index is 13.4. The Morgan fingerprint density at radius 3 is 2.65 bits per heavy atom. The van der Waals surface area contributed by atoms with Gasteiger partial charge in [-0.15, -0.1) is 0 Å². The van der Waals surface area contributed by atoms with E-state index in [1.54, 1.807) is 0 Å². The Morgan fingerprint density at radius 1 is 1.35 bits per heavy atom. The molecule has 0 unspecified atom stereocenters. The summed E-state index contributed by atoms with van der Waals surface area (Å²) in [6.45, 7) is -0.449. The van der Waals surface area contributed by atoms with Crippen molar-refractivity contribution in [2.75, 3.05) is 20.3 Å². The molecule has 1 aromatic rings. The van der Waals surface area contributed by atoms with Gasteiger partial charge in [-0.3, -0.25) is 0 Å². The quantitative estimate of drug-likeness (QED) is 0.775. The minimum absolute atomic E-state index is 0.00892. The summed E-state index contributed by atoms with van der Waals surface area (Å²) in [6.07, 6.45) is 0.0972. The van der Waals surface area contributed by atoms with Gasteiger partial charge in [0.05, 0.1) is 13.7 Å². The van der Waals surface area contributed by atoms with Crippen LogP contribution in [0.4, 0.5) is 8.78 Å². The maximum Gasteiger partial charge on any atom is 0.329 e. The summed E-state index contributed by atoms with van der Waals surface area (Å²) < 4.78 is 36.0. The zero-order valence-corrected chi connectivity index (χ0v) is 9.20. The molecule has 0 aromatic heterocycles. The van der Waals surface area contributed by atoms with Gasteiger partial charge in [0.1, 0.15) is 12.4 Å². The molecule has 0 spiro atoms. The van der Waals surface area contributed by atoms with E-state index in [0.717, 1.165) is 12.1 Å². The number of halogens is 2. The Balaban J connectivity index is 2.59. The van der Waals surface area contributed by atoms with E-state index in [-0.39, 0.29) is 24.3 Å². The number of ether oxygens (including phenoxy) is 2. The highest BCUT2D eigenvalue weighted by molar-refractivity contribution is 5.67. The molecule has 0 saturated heterocycles. The van der Waals surface area contributed by atoms with Gasteiger partial charge in [0.25, 0.3) is 0 Å². The average molecular weight is 246 g/mol. The van der Waals surface area contributed by atoms with Crippen molar-refractivity contribution >= 4 is 5.97 Å². The Hall–Kier alpha value is -1.69. The van der Waals surface area contributed by atoms with Gasteiger partial charge >= 0.3 is 5.97 Å². The standard InChI is InChI=1S/C11H12F2O4/c1-16-10-5-8(12)7(4-9(10)13)2-3-17-6-11(14)15/h4-5H,2-3,6H2,1H3,(H,14,15). The van der Waals surface area contributed by atoms with E-state index in [1.807, 2.05) is 0 Å². The molecule has 1 N–H and O–H groups in total. The van der Waals surface area contributed by atoms with E-state index in [9.17, 15) is 13.6 Å². The third-order valence-corrected chi connectivity index (χ3v) is 2.06. The van der Waals surface area contributed by atoms with E-state index in [0.29, 0.717) is 0 Å². The Morgan fingerprint density at radius 2 is 2.06 bits per heavy atom. The van der Waals surface area contributed by atoms with Crippen molar-refractivity contribution in [1.29, 1.82) is 0 Å². The van der Waals surface area contributed by atoms with Crippen LogP contribution < -0.4 is 4.74 Å². The number of methoxy groups -OCH3 is 1. The van der Waals surface area contributed by atoms with Gasteiger partial charge in [0.2, 0.25) is 0 Å². The molecule has 0 aliphatic rings. The molecule has 1 rings (SSSR count).